The molecule has 0 unspecified atom stereocenters. The highest BCUT2D eigenvalue weighted by molar-refractivity contribution is 5.34. The van der Waals surface area contributed by atoms with Crippen LogP contribution in [0.25, 0.3) is 0 Å². The number of hydrogen-bond donors (Lipinski definition) is 2. The van der Waals surface area contributed by atoms with Crippen LogP contribution < -0.4 is 11.1 Å². The Bertz CT molecular complexity index is 439. The fourth-order valence-corrected chi connectivity index (χ4v) is 1.50. The van der Waals surface area contributed by atoms with E-state index in [2.05, 4.69) is 24.8 Å². The average Bonchev–Trinajstić information content (AvgIpc) is 2.82. The summed E-state index contributed by atoms with van der Waals surface area (Å²) in [6, 6.07) is 1.67. The SMILES string of the molecule is Nc1ccnc(NCCCCn2ccnc2)n1. The van der Waals surface area contributed by atoms with Crippen molar-refractivity contribution in [2.75, 3.05) is 17.6 Å². The number of nitrogens with two attached hydrogens (primary N) is 1. The average molecular weight is 232 g/mol. The van der Waals surface area contributed by atoms with Crippen molar-refractivity contribution in [2.45, 2.75) is 19.4 Å². The molecular weight excluding hydrogens is 216 g/mol. The Kier molecular flexibility index (Phi) is 3.90. The first kappa shape index (κ1) is 11.4. The largest absolute Gasteiger partial charge is 0.384 e. The van der Waals surface area contributed by atoms with E-state index in [1.165, 1.54) is 0 Å². The molecule has 6 heteroatoms. The molecule has 90 valence electrons. The monoisotopic (exact) mass is 232 g/mol. The lowest BCUT2D eigenvalue weighted by Gasteiger charge is -2.05. The van der Waals surface area contributed by atoms with E-state index in [9.17, 15) is 0 Å². The summed E-state index contributed by atoms with van der Waals surface area (Å²) in [5.41, 5.74) is 5.55. The molecule has 0 bridgehead atoms. The summed E-state index contributed by atoms with van der Waals surface area (Å²) < 4.78 is 2.07. The lowest BCUT2D eigenvalue weighted by Crippen LogP contribution is -2.07. The quantitative estimate of drug-likeness (QED) is 0.730. The van der Waals surface area contributed by atoms with Gasteiger partial charge in [0.15, 0.2) is 0 Å². The van der Waals surface area contributed by atoms with Crippen molar-refractivity contribution in [3.05, 3.63) is 31.0 Å². The maximum atomic E-state index is 5.55. The summed E-state index contributed by atoms with van der Waals surface area (Å²) in [6.45, 7) is 1.83. The fourth-order valence-electron chi connectivity index (χ4n) is 1.50. The van der Waals surface area contributed by atoms with Crippen molar-refractivity contribution in [1.29, 1.82) is 0 Å². The van der Waals surface area contributed by atoms with Crippen molar-refractivity contribution in [3.8, 4) is 0 Å². The minimum atomic E-state index is 0.487. The fraction of sp³-hybridized carbons (Fsp3) is 0.364. The van der Waals surface area contributed by atoms with E-state index in [1.807, 2.05) is 12.5 Å². The zero-order chi connectivity index (χ0) is 11.9. The standard InChI is InChI=1S/C11H16N6/c12-10-3-5-15-11(16-10)14-4-1-2-7-17-8-6-13-9-17/h3,5-6,8-9H,1-2,4,7H2,(H3,12,14,15,16). The zero-order valence-corrected chi connectivity index (χ0v) is 9.58. The van der Waals surface area contributed by atoms with Crippen molar-refractivity contribution >= 4 is 11.8 Å². The first-order valence-electron chi connectivity index (χ1n) is 5.63. The van der Waals surface area contributed by atoms with Gasteiger partial charge in [-0.15, -0.1) is 0 Å². The number of aromatic nitrogens is 4. The number of nitrogens with one attached hydrogen (secondary N) is 1. The Morgan fingerprint density at radius 1 is 1.29 bits per heavy atom. The molecule has 0 aliphatic carbocycles. The predicted molar refractivity (Wildman–Crippen MR) is 66.4 cm³/mol. The van der Waals surface area contributed by atoms with Gasteiger partial charge in [-0.2, -0.15) is 4.98 Å². The smallest absolute Gasteiger partial charge is 0.224 e. The topological polar surface area (TPSA) is 81.6 Å². The van der Waals surface area contributed by atoms with Gasteiger partial charge in [-0.25, -0.2) is 9.97 Å². The Hall–Kier alpha value is -2.11. The van der Waals surface area contributed by atoms with Crippen molar-refractivity contribution in [2.24, 2.45) is 0 Å². The molecule has 2 rings (SSSR count). The molecule has 0 spiro atoms. The number of imidazole rings is 1. The van der Waals surface area contributed by atoms with Crippen molar-refractivity contribution in [1.82, 2.24) is 19.5 Å². The Morgan fingerprint density at radius 2 is 2.24 bits per heavy atom. The molecular formula is C11H16N6. The third-order valence-corrected chi connectivity index (χ3v) is 2.36. The highest BCUT2D eigenvalue weighted by Gasteiger charge is 1.95. The number of nitrogens with zero attached hydrogens (tertiary/aromatic N) is 4. The van der Waals surface area contributed by atoms with E-state index in [0.717, 1.165) is 25.9 Å². The number of aryl methyl sites for hydroxylation is 1. The molecule has 2 aromatic rings. The van der Waals surface area contributed by atoms with Gasteiger partial charge in [0.05, 0.1) is 6.33 Å². The molecule has 2 aromatic heterocycles. The maximum Gasteiger partial charge on any atom is 0.224 e. The van der Waals surface area contributed by atoms with Crippen LogP contribution in [-0.2, 0) is 6.54 Å². The van der Waals surface area contributed by atoms with E-state index in [1.54, 1.807) is 18.5 Å². The predicted octanol–water partition coefficient (Wildman–Crippen LogP) is 1.15. The van der Waals surface area contributed by atoms with Gasteiger partial charge >= 0.3 is 0 Å². The highest BCUT2D eigenvalue weighted by atomic mass is 15.1. The van der Waals surface area contributed by atoms with Gasteiger partial charge in [0.2, 0.25) is 5.95 Å². The molecule has 0 saturated carbocycles. The van der Waals surface area contributed by atoms with E-state index < -0.39 is 0 Å². The van der Waals surface area contributed by atoms with Crippen LogP contribution in [0.1, 0.15) is 12.8 Å². The molecule has 0 aromatic carbocycles. The molecule has 2 heterocycles. The van der Waals surface area contributed by atoms with Crippen LogP contribution >= 0.6 is 0 Å². The van der Waals surface area contributed by atoms with Gasteiger partial charge in [0, 0.05) is 31.7 Å². The number of rotatable bonds is 6. The zero-order valence-electron chi connectivity index (χ0n) is 9.58. The molecule has 0 atom stereocenters. The van der Waals surface area contributed by atoms with Crippen molar-refractivity contribution in [3.63, 3.8) is 0 Å². The minimum Gasteiger partial charge on any atom is -0.384 e. The molecule has 0 amide bonds. The van der Waals surface area contributed by atoms with Crippen LogP contribution in [0.5, 0.6) is 0 Å². The van der Waals surface area contributed by atoms with Gasteiger partial charge in [0.25, 0.3) is 0 Å². The van der Waals surface area contributed by atoms with Gasteiger partial charge in [-0.05, 0) is 18.9 Å². The number of hydrogen-bond acceptors (Lipinski definition) is 5. The first-order valence-corrected chi connectivity index (χ1v) is 5.63. The van der Waals surface area contributed by atoms with Gasteiger partial charge in [0.1, 0.15) is 5.82 Å². The van der Waals surface area contributed by atoms with E-state index in [4.69, 9.17) is 5.73 Å². The number of unbranched alkanes of at least 4 members (excludes halogenated alkanes) is 1. The second-order valence-electron chi connectivity index (χ2n) is 3.74. The summed E-state index contributed by atoms with van der Waals surface area (Å²) in [7, 11) is 0. The second kappa shape index (κ2) is 5.83. The molecule has 0 saturated heterocycles. The summed E-state index contributed by atoms with van der Waals surface area (Å²) in [5.74, 6) is 1.08. The van der Waals surface area contributed by atoms with E-state index in [-0.39, 0.29) is 0 Å². The van der Waals surface area contributed by atoms with Crippen molar-refractivity contribution < 1.29 is 0 Å². The van der Waals surface area contributed by atoms with Gasteiger partial charge < -0.3 is 15.6 Å². The van der Waals surface area contributed by atoms with Crippen LogP contribution in [0.15, 0.2) is 31.0 Å². The number of nitrogen functional groups attached to an aromatic ring is 1. The van der Waals surface area contributed by atoms with Crippen LogP contribution in [-0.4, -0.2) is 26.1 Å². The third kappa shape index (κ3) is 3.75. The summed E-state index contributed by atoms with van der Waals surface area (Å²) in [5, 5.41) is 3.14. The molecule has 0 fully saturated rings. The molecule has 0 radical (unpaired) electrons. The Balaban J connectivity index is 1.63. The molecule has 3 N–H and O–H groups in total. The third-order valence-electron chi connectivity index (χ3n) is 2.36. The van der Waals surface area contributed by atoms with Gasteiger partial charge in [-0.3, -0.25) is 0 Å². The molecule has 0 aliphatic rings. The minimum absolute atomic E-state index is 0.487. The summed E-state index contributed by atoms with van der Waals surface area (Å²) in [6.07, 6.45) is 9.37. The highest BCUT2D eigenvalue weighted by Crippen LogP contribution is 2.02. The molecule has 6 nitrogen and oxygen atoms in total. The summed E-state index contributed by atoms with van der Waals surface area (Å²) >= 11 is 0. The molecule has 0 aliphatic heterocycles. The first-order chi connectivity index (χ1) is 8.34. The second-order valence-corrected chi connectivity index (χ2v) is 3.74. The Morgan fingerprint density at radius 3 is 3.00 bits per heavy atom. The summed E-state index contributed by atoms with van der Waals surface area (Å²) in [4.78, 5) is 12.1. The Labute approximate surface area is 99.9 Å². The van der Waals surface area contributed by atoms with E-state index in [0.29, 0.717) is 11.8 Å². The number of anilines is 2. The van der Waals surface area contributed by atoms with Crippen LogP contribution in [0.4, 0.5) is 11.8 Å². The van der Waals surface area contributed by atoms with Crippen LogP contribution in [0, 0.1) is 0 Å². The van der Waals surface area contributed by atoms with Crippen LogP contribution in [0.2, 0.25) is 0 Å². The van der Waals surface area contributed by atoms with Crippen LogP contribution in [0.3, 0.4) is 0 Å². The maximum absolute atomic E-state index is 5.55. The normalized spacial score (nSPS) is 10.4. The van der Waals surface area contributed by atoms with Gasteiger partial charge in [-0.1, -0.05) is 0 Å². The molecule has 17 heavy (non-hydrogen) atoms. The lowest BCUT2D eigenvalue weighted by molar-refractivity contribution is 0.620. The van der Waals surface area contributed by atoms with E-state index >= 15 is 0 Å². The lowest BCUT2D eigenvalue weighted by atomic mass is 10.3.